The summed E-state index contributed by atoms with van der Waals surface area (Å²) in [7, 11) is 0. The Morgan fingerprint density at radius 3 is 2.59 bits per heavy atom. The minimum Gasteiger partial charge on any atom is -0.507 e. The van der Waals surface area contributed by atoms with E-state index >= 15 is 0 Å². The van der Waals surface area contributed by atoms with Gasteiger partial charge in [0.15, 0.2) is 0 Å². The van der Waals surface area contributed by atoms with Crippen LogP contribution >= 0.6 is 11.6 Å². The zero-order chi connectivity index (χ0) is 15.9. The molecule has 0 spiro atoms. The Balaban J connectivity index is 1.77. The van der Waals surface area contributed by atoms with Crippen LogP contribution in [0.5, 0.6) is 5.75 Å². The van der Waals surface area contributed by atoms with E-state index in [1.807, 2.05) is 6.92 Å². The first-order valence-electron chi connectivity index (χ1n) is 7.02. The van der Waals surface area contributed by atoms with Gasteiger partial charge in [-0.1, -0.05) is 11.6 Å². The van der Waals surface area contributed by atoms with Crippen LogP contribution in [-0.2, 0) is 0 Å². The second-order valence-corrected chi connectivity index (χ2v) is 6.47. The fraction of sp³-hybridized carbons (Fsp3) is 0.400. The highest BCUT2D eigenvalue weighted by atomic mass is 35.5. The van der Waals surface area contributed by atoms with Crippen molar-refractivity contribution in [1.82, 2.24) is 15.2 Å². The largest absolute Gasteiger partial charge is 0.507 e. The minimum atomic E-state index is -0.600. The molecule has 0 aliphatic heterocycles. The number of phenolic OH excluding ortho intramolecular Hbond substituents is 1. The summed E-state index contributed by atoms with van der Waals surface area (Å²) in [5.74, 6) is 0.465. The average Bonchev–Trinajstić information content (AvgIpc) is 2.37. The van der Waals surface area contributed by atoms with Crippen molar-refractivity contribution in [1.29, 1.82) is 0 Å². The van der Waals surface area contributed by atoms with Gasteiger partial charge in [-0.2, -0.15) is 0 Å². The highest BCUT2D eigenvalue weighted by molar-refractivity contribution is 6.31. The van der Waals surface area contributed by atoms with Crippen molar-refractivity contribution in [2.45, 2.75) is 38.3 Å². The van der Waals surface area contributed by atoms with Crippen molar-refractivity contribution >= 4 is 17.5 Å². The van der Waals surface area contributed by atoms with E-state index in [0.29, 0.717) is 35.1 Å². The normalized spacial score (nSPS) is 23.9. The molecule has 7 heteroatoms. The fourth-order valence-corrected chi connectivity index (χ4v) is 3.07. The summed E-state index contributed by atoms with van der Waals surface area (Å²) in [4.78, 5) is 4.22. The number of hydrogen-bond donors (Lipinski definition) is 3. The van der Waals surface area contributed by atoms with Crippen LogP contribution in [0.2, 0.25) is 5.02 Å². The maximum absolute atomic E-state index is 10.0. The molecular weight excluding hydrogens is 304 g/mol. The summed E-state index contributed by atoms with van der Waals surface area (Å²) in [6.45, 7) is 3.64. The Labute approximate surface area is 133 Å². The van der Waals surface area contributed by atoms with Crippen LogP contribution in [0.1, 0.15) is 25.3 Å². The Kier molecular flexibility index (Phi) is 3.66. The molecule has 1 aromatic carbocycles. The summed E-state index contributed by atoms with van der Waals surface area (Å²) < 4.78 is 0. The SMILES string of the molecule is Cc1cc(Cl)cc(O)c1-c1cnc(NC2CC(C)(O)C2)nn1. The summed E-state index contributed by atoms with van der Waals surface area (Å²) >= 11 is 5.90. The molecule has 0 atom stereocenters. The van der Waals surface area contributed by atoms with Gasteiger partial charge in [0.1, 0.15) is 11.4 Å². The minimum absolute atomic E-state index is 0.0526. The number of rotatable bonds is 3. The van der Waals surface area contributed by atoms with Crippen LogP contribution < -0.4 is 5.32 Å². The summed E-state index contributed by atoms with van der Waals surface area (Å²) in [5, 5.41) is 31.5. The van der Waals surface area contributed by atoms with Crippen LogP contribution in [0.4, 0.5) is 5.95 Å². The quantitative estimate of drug-likeness (QED) is 0.805. The molecule has 3 N–H and O–H groups in total. The molecule has 1 aromatic heterocycles. The van der Waals surface area contributed by atoms with Gasteiger partial charge < -0.3 is 15.5 Å². The highest BCUT2D eigenvalue weighted by Crippen LogP contribution is 2.34. The van der Waals surface area contributed by atoms with Crippen molar-refractivity contribution in [3.8, 4) is 17.0 Å². The van der Waals surface area contributed by atoms with E-state index in [9.17, 15) is 10.2 Å². The number of anilines is 1. The monoisotopic (exact) mass is 320 g/mol. The molecule has 0 radical (unpaired) electrons. The molecule has 0 saturated heterocycles. The molecule has 116 valence electrons. The third kappa shape index (κ3) is 2.98. The first-order valence-corrected chi connectivity index (χ1v) is 7.40. The molecule has 1 aliphatic rings. The Bertz CT molecular complexity index is 672. The molecule has 0 unspecified atom stereocenters. The summed E-state index contributed by atoms with van der Waals surface area (Å²) in [6, 6.07) is 3.38. The van der Waals surface area contributed by atoms with Gasteiger partial charge in [-0.05, 0) is 44.4 Å². The van der Waals surface area contributed by atoms with Gasteiger partial charge in [0.05, 0.1) is 11.8 Å². The van der Waals surface area contributed by atoms with Crippen LogP contribution in [0.3, 0.4) is 0 Å². The van der Waals surface area contributed by atoms with E-state index in [0.717, 1.165) is 5.56 Å². The molecule has 1 aliphatic carbocycles. The summed E-state index contributed by atoms with van der Waals surface area (Å²) in [5.41, 5.74) is 1.26. The van der Waals surface area contributed by atoms with E-state index in [4.69, 9.17) is 11.6 Å². The topological polar surface area (TPSA) is 91.2 Å². The van der Waals surface area contributed by atoms with Crippen LogP contribution in [0, 0.1) is 6.92 Å². The van der Waals surface area contributed by atoms with Gasteiger partial charge in [-0.3, -0.25) is 0 Å². The zero-order valence-corrected chi connectivity index (χ0v) is 13.1. The number of aromatic hydroxyl groups is 1. The molecule has 6 nitrogen and oxygen atoms in total. The number of aryl methyl sites for hydroxylation is 1. The molecule has 1 saturated carbocycles. The Morgan fingerprint density at radius 2 is 2.05 bits per heavy atom. The number of halogens is 1. The Morgan fingerprint density at radius 1 is 1.32 bits per heavy atom. The number of nitrogens with zero attached hydrogens (tertiary/aromatic N) is 3. The molecule has 1 heterocycles. The number of aliphatic hydroxyl groups is 1. The molecule has 3 rings (SSSR count). The highest BCUT2D eigenvalue weighted by Gasteiger charge is 2.38. The van der Waals surface area contributed by atoms with Gasteiger partial charge in [0.2, 0.25) is 5.95 Å². The second kappa shape index (κ2) is 5.37. The predicted octanol–water partition coefficient (Wildman–Crippen LogP) is 2.53. The maximum Gasteiger partial charge on any atom is 0.242 e. The number of aromatic nitrogens is 3. The van der Waals surface area contributed by atoms with E-state index in [-0.39, 0.29) is 11.8 Å². The molecular formula is C15H17ClN4O2. The number of phenols is 1. The van der Waals surface area contributed by atoms with Crippen LogP contribution in [-0.4, -0.2) is 37.0 Å². The number of nitrogens with one attached hydrogen (secondary N) is 1. The predicted molar refractivity (Wildman–Crippen MR) is 83.9 cm³/mol. The van der Waals surface area contributed by atoms with Gasteiger partial charge in [0.25, 0.3) is 0 Å². The fourth-order valence-electron chi connectivity index (χ4n) is 2.80. The lowest BCUT2D eigenvalue weighted by molar-refractivity contribution is -0.0236. The molecule has 0 amide bonds. The molecule has 2 aromatic rings. The van der Waals surface area contributed by atoms with E-state index < -0.39 is 5.60 Å². The zero-order valence-electron chi connectivity index (χ0n) is 12.3. The molecule has 1 fully saturated rings. The van der Waals surface area contributed by atoms with E-state index in [2.05, 4.69) is 20.5 Å². The van der Waals surface area contributed by atoms with Crippen molar-refractivity contribution in [2.24, 2.45) is 0 Å². The number of hydrogen-bond acceptors (Lipinski definition) is 6. The molecule has 0 bridgehead atoms. The lowest BCUT2D eigenvalue weighted by atomic mass is 9.77. The second-order valence-electron chi connectivity index (χ2n) is 6.03. The van der Waals surface area contributed by atoms with E-state index in [1.165, 1.54) is 6.07 Å². The summed E-state index contributed by atoms with van der Waals surface area (Å²) in [6.07, 6.45) is 2.88. The smallest absolute Gasteiger partial charge is 0.242 e. The Hall–Kier alpha value is -1.92. The lowest BCUT2D eigenvalue weighted by Gasteiger charge is -2.41. The van der Waals surface area contributed by atoms with Crippen molar-refractivity contribution in [2.75, 3.05) is 5.32 Å². The van der Waals surface area contributed by atoms with Crippen LogP contribution in [0.25, 0.3) is 11.3 Å². The van der Waals surface area contributed by atoms with E-state index in [1.54, 1.807) is 19.2 Å². The van der Waals surface area contributed by atoms with Crippen molar-refractivity contribution < 1.29 is 10.2 Å². The van der Waals surface area contributed by atoms with Crippen LogP contribution in [0.15, 0.2) is 18.3 Å². The van der Waals surface area contributed by atoms with Gasteiger partial charge >= 0.3 is 0 Å². The first kappa shape index (κ1) is 15.0. The standard InChI is InChI=1S/C15H17ClN4O2/c1-8-3-9(16)4-12(21)13(8)11-7-17-14(20-19-11)18-10-5-15(2,22)6-10/h3-4,7,10,21-22H,5-6H2,1-2H3,(H,17,18,20). The first-order chi connectivity index (χ1) is 10.3. The van der Waals surface area contributed by atoms with Crippen molar-refractivity contribution in [3.63, 3.8) is 0 Å². The molecule has 22 heavy (non-hydrogen) atoms. The number of benzene rings is 1. The third-order valence-electron chi connectivity index (χ3n) is 3.80. The van der Waals surface area contributed by atoms with Gasteiger partial charge in [0, 0.05) is 16.6 Å². The van der Waals surface area contributed by atoms with Gasteiger partial charge in [-0.25, -0.2) is 4.98 Å². The van der Waals surface area contributed by atoms with Crippen molar-refractivity contribution in [3.05, 3.63) is 28.9 Å². The van der Waals surface area contributed by atoms with Gasteiger partial charge in [-0.15, -0.1) is 10.2 Å². The lowest BCUT2D eigenvalue weighted by Crippen LogP contribution is -2.48. The maximum atomic E-state index is 10.0. The third-order valence-corrected chi connectivity index (χ3v) is 4.02. The average molecular weight is 321 g/mol.